The number of rotatable bonds is 6. The highest BCUT2D eigenvalue weighted by atomic mass is 16.5. The number of anilines is 1. The van der Waals surface area contributed by atoms with Crippen molar-refractivity contribution in [3.05, 3.63) is 29.8 Å². The molecule has 2 amide bonds. The van der Waals surface area contributed by atoms with E-state index in [1.54, 1.807) is 31.3 Å². The van der Waals surface area contributed by atoms with Gasteiger partial charge in [-0.1, -0.05) is 6.42 Å². The maximum atomic E-state index is 11.9. The first kappa shape index (κ1) is 17.5. The Kier molecular flexibility index (Phi) is 5.36. The van der Waals surface area contributed by atoms with Crippen molar-refractivity contribution in [2.24, 2.45) is 17.8 Å². The second-order valence-corrected chi connectivity index (χ2v) is 7.00. The number of carbonyl (C=O) groups is 3. The zero-order valence-corrected chi connectivity index (χ0v) is 14.4. The summed E-state index contributed by atoms with van der Waals surface area (Å²) < 4.78 is 5.11. The fraction of sp³-hybridized carbons (Fsp3) is 0.526. The molecule has 25 heavy (non-hydrogen) atoms. The molecular formula is C19H24N2O4. The lowest BCUT2D eigenvalue weighted by molar-refractivity contribution is -0.148. The van der Waals surface area contributed by atoms with Crippen molar-refractivity contribution in [1.82, 2.24) is 5.32 Å². The molecule has 6 nitrogen and oxygen atoms in total. The van der Waals surface area contributed by atoms with Crippen LogP contribution in [0.3, 0.4) is 0 Å². The van der Waals surface area contributed by atoms with E-state index in [9.17, 15) is 14.4 Å². The van der Waals surface area contributed by atoms with E-state index in [0.29, 0.717) is 29.5 Å². The highest BCUT2D eigenvalue weighted by Crippen LogP contribution is 2.49. The van der Waals surface area contributed by atoms with Crippen LogP contribution < -0.4 is 10.6 Å². The molecule has 6 heteroatoms. The number of fused-ring (bicyclic) bond motifs is 2. The summed E-state index contributed by atoms with van der Waals surface area (Å²) >= 11 is 0. The minimum atomic E-state index is -0.381. The number of benzene rings is 1. The van der Waals surface area contributed by atoms with Crippen LogP contribution in [0.15, 0.2) is 24.3 Å². The lowest BCUT2D eigenvalue weighted by atomic mass is 9.86. The fourth-order valence-corrected chi connectivity index (χ4v) is 4.09. The van der Waals surface area contributed by atoms with Crippen molar-refractivity contribution in [3.8, 4) is 0 Å². The molecule has 2 N–H and O–H groups in total. The lowest BCUT2D eigenvalue weighted by Gasteiger charge is -2.20. The van der Waals surface area contributed by atoms with Crippen LogP contribution in [0.25, 0.3) is 0 Å². The third-order valence-electron chi connectivity index (χ3n) is 5.34. The second kappa shape index (κ2) is 7.68. The largest absolute Gasteiger partial charge is 0.456 e. The van der Waals surface area contributed by atoms with Crippen molar-refractivity contribution < 1.29 is 19.1 Å². The molecule has 0 aliphatic heterocycles. The zero-order valence-electron chi connectivity index (χ0n) is 14.4. The van der Waals surface area contributed by atoms with E-state index in [4.69, 9.17) is 4.74 Å². The Balaban J connectivity index is 1.40. The molecule has 2 aliphatic rings. The summed E-state index contributed by atoms with van der Waals surface area (Å²) in [6.07, 6.45) is 5.34. The van der Waals surface area contributed by atoms with Gasteiger partial charge in [0.05, 0.1) is 0 Å². The number of ether oxygens (including phenoxy) is 1. The molecule has 2 aliphatic carbocycles. The van der Waals surface area contributed by atoms with E-state index < -0.39 is 0 Å². The molecule has 2 saturated carbocycles. The van der Waals surface area contributed by atoms with Gasteiger partial charge in [0.2, 0.25) is 0 Å². The van der Waals surface area contributed by atoms with Crippen LogP contribution in [0.2, 0.25) is 0 Å². The molecule has 134 valence electrons. The van der Waals surface area contributed by atoms with Crippen LogP contribution in [0, 0.1) is 17.8 Å². The number of carbonyl (C=O) groups excluding carboxylic acids is 3. The molecule has 0 unspecified atom stereocenters. The molecule has 0 spiro atoms. The third kappa shape index (κ3) is 4.38. The molecule has 0 aromatic heterocycles. The summed E-state index contributed by atoms with van der Waals surface area (Å²) in [5.74, 6) is 1.05. The van der Waals surface area contributed by atoms with Gasteiger partial charge in [0, 0.05) is 24.7 Å². The molecule has 0 saturated heterocycles. The molecule has 2 fully saturated rings. The predicted octanol–water partition coefficient (Wildman–Crippen LogP) is 2.35. The van der Waals surface area contributed by atoms with Crippen LogP contribution in [0.1, 0.15) is 42.5 Å². The van der Waals surface area contributed by atoms with E-state index in [-0.39, 0.29) is 24.4 Å². The molecular weight excluding hydrogens is 320 g/mol. The highest BCUT2D eigenvalue weighted by Gasteiger charge is 2.40. The number of hydrogen-bond donors (Lipinski definition) is 2. The third-order valence-corrected chi connectivity index (χ3v) is 5.34. The lowest BCUT2D eigenvalue weighted by Crippen LogP contribution is -2.23. The first-order valence-corrected chi connectivity index (χ1v) is 8.82. The smallest absolute Gasteiger partial charge is 0.306 e. The maximum Gasteiger partial charge on any atom is 0.306 e. The Hall–Kier alpha value is -2.37. The standard InChI is InChI=1S/C19H24N2O4/c1-20-19(24)13-4-6-16(7-5-13)21-17(22)11-25-18(23)10-15-9-12-2-3-14(15)8-12/h4-7,12,14-15H,2-3,8-11H2,1H3,(H,20,24)(H,21,22)/t12-,14-,15-/m1/s1. The van der Waals surface area contributed by atoms with Crippen molar-refractivity contribution in [3.63, 3.8) is 0 Å². The quantitative estimate of drug-likeness (QED) is 0.776. The average Bonchev–Trinajstić information content (AvgIpc) is 3.23. The zero-order chi connectivity index (χ0) is 17.8. The Morgan fingerprint density at radius 2 is 1.88 bits per heavy atom. The predicted molar refractivity (Wildman–Crippen MR) is 93.0 cm³/mol. The SMILES string of the molecule is CNC(=O)c1ccc(NC(=O)COC(=O)C[C@H]2C[C@@H]3CC[C@@H]2C3)cc1. The van der Waals surface area contributed by atoms with Gasteiger partial charge in [-0.05, 0) is 61.3 Å². The summed E-state index contributed by atoms with van der Waals surface area (Å²) in [5.41, 5.74) is 1.07. The Morgan fingerprint density at radius 3 is 2.48 bits per heavy atom. The van der Waals surface area contributed by atoms with Gasteiger partial charge < -0.3 is 15.4 Å². The molecule has 3 atom stereocenters. The van der Waals surface area contributed by atoms with Crippen molar-refractivity contribution in [2.75, 3.05) is 19.0 Å². The van der Waals surface area contributed by atoms with Crippen LogP contribution in [-0.2, 0) is 14.3 Å². The van der Waals surface area contributed by atoms with Gasteiger partial charge in [-0.3, -0.25) is 14.4 Å². The molecule has 0 radical (unpaired) electrons. The van der Waals surface area contributed by atoms with E-state index in [2.05, 4.69) is 10.6 Å². The Bertz CT molecular complexity index is 656. The number of nitrogens with one attached hydrogen (secondary N) is 2. The van der Waals surface area contributed by atoms with E-state index in [1.807, 2.05) is 0 Å². The van der Waals surface area contributed by atoms with Gasteiger partial charge in [-0.15, -0.1) is 0 Å². The minimum absolute atomic E-state index is 0.188. The Labute approximate surface area is 147 Å². The van der Waals surface area contributed by atoms with Crippen LogP contribution in [-0.4, -0.2) is 31.4 Å². The maximum absolute atomic E-state index is 11.9. The Morgan fingerprint density at radius 1 is 1.12 bits per heavy atom. The van der Waals surface area contributed by atoms with Gasteiger partial charge in [0.25, 0.3) is 11.8 Å². The normalized spacial score (nSPS) is 24.0. The van der Waals surface area contributed by atoms with Crippen molar-refractivity contribution in [1.29, 1.82) is 0 Å². The summed E-state index contributed by atoms with van der Waals surface area (Å²) in [7, 11) is 1.56. The summed E-state index contributed by atoms with van der Waals surface area (Å²) in [6, 6.07) is 6.52. The van der Waals surface area contributed by atoms with Crippen molar-refractivity contribution in [2.45, 2.75) is 32.1 Å². The first-order valence-electron chi connectivity index (χ1n) is 8.82. The molecule has 1 aromatic rings. The van der Waals surface area contributed by atoms with Gasteiger partial charge in [0.15, 0.2) is 6.61 Å². The molecule has 1 aromatic carbocycles. The van der Waals surface area contributed by atoms with Gasteiger partial charge in [0.1, 0.15) is 0 Å². The van der Waals surface area contributed by atoms with Crippen molar-refractivity contribution >= 4 is 23.5 Å². The van der Waals surface area contributed by atoms with Crippen LogP contribution in [0.5, 0.6) is 0 Å². The van der Waals surface area contributed by atoms with E-state index in [1.165, 1.54) is 19.3 Å². The number of amides is 2. The molecule has 0 heterocycles. The van der Waals surface area contributed by atoms with Crippen LogP contribution >= 0.6 is 0 Å². The summed E-state index contributed by atoms with van der Waals surface area (Å²) in [6.45, 7) is -0.281. The number of hydrogen-bond acceptors (Lipinski definition) is 4. The molecule has 3 rings (SSSR count). The van der Waals surface area contributed by atoms with E-state index in [0.717, 1.165) is 12.3 Å². The second-order valence-electron chi connectivity index (χ2n) is 7.00. The van der Waals surface area contributed by atoms with Gasteiger partial charge >= 0.3 is 5.97 Å². The number of esters is 1. The topological polar surface area (TPSA) is 84.5 Å². The monoisotopic (exact) mass is 344 g/mol. The summed E-state index contributed by atoms with van der Waals surface area (Å²) in [5, 5.41) is 5.18. The highest BCUT2D eigenvalue weighted by molar-refractivity contribution is 5.96. The fourth-order valence-electron chi connectivity index (χ4n) is 4.09. The van der Waals surface area contributed by atoms with E-state index >= 15 is 0 Å². The minimum Gasteiger partial charge on any atom is -0.456 e. The average molecular weight is 344 g/mol. The first-order chi connectivity index (χ1) is 12.0. The van der Waals surface area contributed by atoms with Gasteiger partial charge in [-0.2, -0.15) is 0 Å². The molecule has 2 bridgehead atoms. The van der Waals surface area contributed by atoms with Crippen LogP contribution in [0.4, 0.5) is 5.69 Å². The van der Waals surface area contributed by atoms with Gasteiger partial charge in [-0.25, -0.2) is 0 Å². The summed E-state index contributed by atoms with van der Waals surface area (Å²) in [4.78, 5) is 35.3.